The van der Waals surface area contributed by atoms with Crippen molar-refractivity contribution in [2.75, 3.05) is 13.1 Å². The Labute approximate surface area is 144 Å². The quantitative estimate of drug-likeness (QED) is 0.344. The van der Waals surface area contributed by atoms with Crippen molar-refractivity contribution in [1.29, 1.82) is 0 Å². The van der Waals surface area contributed by atoms with Gasteiger partial charge in [-0.2, -0.15) is 0 Å². The van der Waals surface area contributed by atoms with Crippen LogP contribution in [0.15, 0.2) is 0 Å². The molecule has 0 spiro atoms. The molecule has 1 rings (SSSR count). The molecule has 0 bridgehead atoms. The molecule has 0 aromatic carbocycles. The number of hydrogen-bond donors (Lipinski definition) is 0. The first-order valence-corrected chi connectivity index (χ1v) is 9.67. The van der Waals surface area contributed by atoms with Gasteiger partial charge in [-0.15, -0.1) is 0 Å². The fourth-order valence-electron chi connectivity index (χ4n) is 3.52. The van der Waals surface area contributed by atoms with Crippen LogP contribution in [0.1, 0.15) is 84.5 Å². The minimum atomic E-state index is -0.318. The second-order valence-corrected chi connectivity index (χ2v) is 6.80. The van der Waals surface area contributed by atoms with Gasteiger partial charge < -0.3 is 3.07 Å². The van der Waals surface area contributed by atoms with E-state index in [1.807, 2.05) is 0 Å². The van der Waals surface area contributed by atoms with E-state index in [2.05, 4.69) is 18.7 Å². The molecular formula is C17H32INO2. The molecule has 1 aliphatic rings. The van der Waals surface area contributed by atoms with E-state index in [4.69, 9.17) is 3.07 Å². The zero-order valence-corrected chi connectivity index (χ0v) is 16.0. The lowest BCUT2D eigenvalue weighted by Crippen LogP contribution is -2.51. The van der Waals surface area contributed by atoms with Gasteiger partial charge in [-0.3, -0.25) is 4.90 Å². The van der Waals surface area contributed by atoms with Gasteiger partial charge in [0.25, 0.3) is 0 Å². The van der Waals surface area contributed by atoms with Crippen molar-refractivity contribution in [3.05, 3.63) is 0 Å². The summed E-state index contributed by atoms with van der Waals surface area (Å²) in [5, 5.41) is 0. The van der Waals surface area contributed by atoms with Crippen molar-refractivity contribution in [2.24, 2.45) is 0 Å². The minimum Gasteiger partial charge on any atom is -0.393 e. The van der Waals surface area contributed by atoms with Crippen molar-refractivity contribution in [3.63, 3.8) is 0 Å². The van der Waals surface area contributed by atoms with Crippen LogP contribution in [0.5, 0.6) is 0 Å². The smallest absolute Gasteiger partial charge is 0.335 e. The number of rotatable bonds is 11. The number of carbonyl (C=O) groups is 1. The first kappa shape index (κ1) is 19.2. The number of halogens is 1. The van der Waals surface area contributed by atoms with Crippen LogP contribution in [0.25, 0.3) is 0 Å². The van der Waals surface area contributed by atoms with Gasteiger partial charge in [-0.05, 0) is 38.8 Å². The zero-order chi connectivity index (χ0) is 15.6. The Morgan fingerprint density at radius 2 is 1.76 bits per heavy atom. The van der Waals surface area contributed by atoms with Crippen molar-refractivity contribution in [2.45, 2.75) is 90.0 Å². The first-order chi connectivity index (χ1) is 10.2. The van der Waals surface area contributed by atoms with E-state index in [9.17, 15) is 4.79 Å². The number of likely N-dealkylation sites (tertiary alicyclic amines) is 1. The summed E-state index contributed by atoms with van der Waals surface area (Å²) in [5.74, 6) is -0.00686. The highest BCUT2D eigenvalue weighted by atomic mass is 127. The number of carbonyl (C=O) groups excluding carboxylic acids is 1. The summed E-state index contributed by atoms with van der Waals surface area (Å²) in [6, 6.07) is 0. The van der Waals surface area contributed by atoms with E-state index < -0.39 is 0 Å². The van der Waals surface area contributed by atoms with E-state index in [0.29, 0.717) is 0 Å². The summed E-state index contributed by atoms with van der Waals surface area (Å²) in [7, 11) is 0. The van der Waals surface area contributed by atoms with Crippen LogP contribution < -0.4 is 0 Å². The topological polar surface area (TPSA) is 29.5 Å². The second-order valence-electron chi connectivity index (χ2n) is 6.36. The van der Waals surface area contributed by atoms with Crippen LogP contribution >= 0.6 is 23.0 Å². The number of nitrogens with zero attached hydrogens (tertiary/aromatic N) is 1. The molecule has 124 valence electrons. The lowest BCUT2D eigenvalue weighted by atomic mass is 9.89. The third kappa shape index (κ3) is 5.70. The molecule has 0 N–H and O–H groups in total. The van der Waals surface area contributed by atoms with Crippen LogP contribution in [-0.2, 0) is 7.86 Å². The summed E-state index contributed by atoms with van der Waals surface area (Å²) in [4.78, 5) is 14.9. The predicted octanol–water partition coefficient (Wildman–Crippen LogP) is 5.26. The summed E-state index contributed by atoms with van der Waals surface area (Å²) in [6.45, 7) is 6.58. The summed E-state index contributed by atoms with van der Waals surface area (Å²) < 4.78 is 5.14. The van der Waals surface area contributed by atoms with Crippen molar-refractivity contribution < 1.29 is 7.86 Å². The summed E-state index contributed by atoms with van der Waals surface area (Å²) >= 11 is 1.77. The van der Waals surface area contributed by atoms with Crippen LogP contribution in [0, 0.1) is 0 Å². The van der Waals surface area contributed by atoms with Crippen LogP contribution in [0.3, 0.4) is 0 Å². The third-order valence-corrected chi connectivity index (χ3v) is 5.20. The summed E-state index contributed by atoms with van der Waals surface area (Å²) in [5.41, 5.74) is -0.318. The van der Waals surface area contributed by atoms with E-state index in [1.165, 1.54) is 44.9 Å². The molecule has 0 aliphatic carbocycles. The molecule has 0 aromatic heterocycles. The predicted molar refractivity (Wildman–Crippen MR) is 96.6 cm³/mol. The highest BCUT2D eigenvalue weighted by Gasteiger charge is 2.47. The van der Waals surface area contributed by atoms with Gasteiger partial charge in [0.1, 0.15) is 5.54 Å². The van der Waals surface area contributed by atoms with Gasteiger partial charge in [0.05, 0.1) is 0 Å². The fourth-order valence-corrected chi connectivity index (χ4v) is 3.93. The maximum absolute atomic E-state index is 12.4. The summed E-state index contributed by atoms with van der Waals surface area (Å²) in [6.07, 6.45) is 13.0. The molecule has 0 amide bonds. The molecule has 0 radical (unpaired) electrons. The number of hydrogen-bond acceptors (Lipinski definition) is 3. The number of unbranched alkanes of at least 4 members (excludes halogenated alkanes) is 6. The largest absolute Gasteiger partial charge is 0.393 e. The Morgan fingerprint density at radius 3 is 2.38 bits per heavy atom. The molecule has 1 atom stereocenters. The second kappa shape index (κ2) is 10.8. The van der Waals surface area contributed by atoms with Gasteiger partial charge in [-0.25, -0.2) is 4.79 Å². The molecule has 3 nitrogen and oxygen atoms in total. The Kier molecular flexibility index (Phi) is 9.89. The maximum atomic E-state index is 12.4. The molecule has 1 heterocycles. The average Bonchev–Trinajstić information content (AvgIpc) is 2.91. The Hall–Kier alpha value is 0.160. The lowest BCUT2D eigenvalue weighted by molar-refractivity contribution is -0.144. The molecule has 21 heavy (non-hydrogen) atoms. The molecule has 1 saturated heterocycles. The molecule has 0 unspecified atom stereocenters. The maximum Gasteiger partial charge on any atom is 0.335 e. The van der Waals surface area contributed by atoms with Crippen LogP contribution in [0.4, 0.5) is 0 Å². The monoisotopic (exact) mass is 409 g/mol. The Morgan fingerprint density at radius 1 is 1.10 bits per heavy atom. The van der Waals surface area contributed by atoms with Gasteiger partial charge in [0.2, 0.25) is 0 Å². The van der Waals surface area contributed by atoms with Crippen molar-refractivity contribution in [3.8, 4) is 0 Å². The average molecular weight is 409 g/mol. The molecule has 1 fully saturated rings. The van der Waals surface area contributed by atoms with Crippen molar-refractivity contribution in [1.82, 2.24) is 4.90 Å². The highest BCUT2D eigenvalue weighted by Crippen LogP contribution is 2.36. The molecule has 0 aromatic rings. The van der Waals surface area contributed by atoms with E-state index in [-0.39, 0.29) is 11.5 Å². The van der Waals surface area contributed by atoms with Crippen LogP contribution in [-0.4, -0.2) is 29.5 Å². The van der Waals surface area contributed by atoms with Gasteiger partial charge in [-0.1, -0.05) is 58.8 Å². The third-order valence-electron chi connectivity index (χ3n) is 4.80. The van der Waals surface area contributed by atoms with Crippen LogP contribution in [0.2, 0.25) is 0 Å². The first-order valence-electron chi connectivity index (χ1n) is 8.79. The molecule has 1 aliphatic heterocycles. The van der Waals surface area contributed by atoms with E-state index >= 15 is 0 Å². The van der Waals surface area contributed by atoms with Gasteiger partial charge in [0, 0.05) is 0 Å². The molecule has 4 heteroatoms. The fraction of sp³-hybridized carbons (Fsp3) is 0.941. The standard InChI is InChI=1S/C17H32INO2/c1-3-5-7-9-12-17(16(20)21-18)13-11-15-19(17)14-10-8-6-4-2/h3-15H2,1-2H3/t17-/m0/s1. The Balaban J connectivity index is 2.58. The highest BCUT2D eigenvalue weighted by molar-refractivity contribution is 14.1. The van der Waals surface area contributed by atoms with Gasteiger partial charge in [0.15, 0.2) is 23.0 Å². The molecule has 0 saturated carbocycles. The van der Waals surface area contributed by atoms with Gasteiger partial charge >= 0.3 is 5.97 Å². The van der Waals surface area contributed by atoms with E-state index in [1.54, 1.807) is 23.0 Å². The SMILES string of the molecule is CCCCCCN1CCC[C@@]1(CCCCCC)C(=O)OI. The van der Waals surface area contributed by atoms with E-state index in [0.717, 1.165) is 38.8 Å². The minimum absolute atomic E-state index is 0.00686. The zero-order valence-electron chi connectivity index (χ0n) is 13.8. The lowest BCUT2D eigenvalue weighted by Gasteiger charge is -2.35. The molecular weight excluding hydrogens is 377 g/mol. The Bertz CT molecular complexity index is 299. The normalized spacial score (nSPS) is 22.6. The van der Waals surface area contributed by atoms with Crippen molar-refractivity contribution >= 4 is 29.0 Å².